The van der Waals surface area contributed by atoms with Crippen molar-refractivity contribution in [3.05, 3.63) is 24.3 Å². The highest BCUT2D eigenvalue weighted by Crippen LogP contribution is 2.16. The van der Waals surface area contributed by atoms with Crippen molar-refractivity contribution in [3.63, 3.8) is 0 Å². The normalized spacial score (nSPS) is 20.6. The SMILES string of the molecule is CC1CSCCN1CC(=O)Nc1ccc(N)cc1. The minimum Gasteiger partial charge on any atom is -0.399 e. The lowest BCUT2D eigenvalue weighted by Crippen LogP contribution is -2.44. The molecule has 1 aromatic rings. The van der Waals surface area contributed by atoms with Crippen LogP contribution in [0.5, 0.6) is 0 Å². The van der Waals surface area contributed by atoms with Gasteiger partial charge in [-0.25, -0.2) is 0 Å². The Morgan fingerprint density at radius 2 is 2.22 bits per heavy atom. The summed E-state index contributed by atoms with van der Waals surface area (Å²) in [7, 11) is 0. The van der Waals surface area contributed by atoms with Gasteiger partial charge in [0.1, 0.15) is 0 Å². The molecule has 5 heteroatoms. The van der Waals surface area contributed by atoms with Gasteiger partial charge in [-0.2, -0.15) is 11.8 Å². The predicted octanol–water partition coefficient (Wildman–Crippen LogP) is 1.64. The maximum Gasteiger partial charge on any atom is 0.238 e. The van der Waals surface area contributed by atoms with Crippen LogP contribution in [-0.4, -0.2) is 41.4 Å². The van der Waals surface area contributed by atoms with Crippen molar-refractivity contribution in [1.82, 2.24) is 4.90 Å². The number of benzene rings is 1. The van der Waals surface area contributed by atoms with Crippen LogP contribution in [0.4, 0.5) is 11.4 Å². The van der Waals surface area contributed by atoms with E-state index in [9.17, 15) is 4.79 Å². The van der Waals surface area contributed by atoms with Crippen LogP contribution in [0.3, 0.4) is 0 Å². The molecular formula is C13H19N3OS. The lowest BCUT2D eigenvalue weighted by atomic mass is 10.2. The molecule has 18 heavy (non-hydrogen) atoms. The number of amides is 1. The van der Waals surface area contributed by atoms with Crippen molar-refractivity contribution in [2.24, 2.45) is 0 Å². The Morgan fingerprint density at radius 1 is 1.50 bits per heavy atom. The molecule has 1 unspecified atom stereocenters. The Morgan fingerprint density at radius 3 is 2.89 bits per heavy atom. The number of nitrogens with two attached hydrogens (primary N) is 1. The van der Waals surface area contributed by atoms with Crippen LogP contribution in [0, 0.1) is 0 Å². The zero-order chi connectivity index (χ0) is 13.0. The van der Waals surface area contributed by atoms with E-state index in [2.05, 4.69) is 17.1 Å². The molecule has 1 heterocycles. The minimum atomic E-state index is 0.0403. The van der Waals surface area contributed by atoms with Gasteiger partial charge in [-0.05, 0) is 31.2 Å². The first-order chi connectivity index (χ1) is 8.65. The van der Waals surface area contributed by atoms with E-state index in [4.69, 9.17) is 5.73 Å². The van der Waals surface area contributed by atoms with Crippen molar-refractivity contribution in [2.45, 2.75) is 13.0 Å². The number of nitrogens with one attached hydrogen (secondary N) is 1. The highest BCUT2D eigenvalue weighted by Gasteiger charge is 2.20. The Kier molecular flexibility index (Phi) is 4.49. The molecule has 0 aromatic heterocycles. The quantitative estimate of drug-likeness (QED) is 0.816. The molecule has 0 spiro atoms. The van der Waals surface area contributed by atoms with Crippen molar-refractivity contribution in [3.8, 4) is 0 Å². The van der Waals surface area contributed by atoms with Gasteiger partial charge in [0.15, 0.2) is 0 Å². The van der Waals surface area contributed by atoms with E-state index in [0.29, 0.717) is 18.3 Å². The molecule has 1 fully saturated rings. The van der Waals surface area contributed by atoms with E-state index in [1.807, 2.05) is 23.9 Å². The topological polar surface area (TPSA) is 58.4 Å². The fourth-order valence-corrected chi connectivity index (χ4v) is 3.03. The molecule has 4 nitrogen and oxygen atoms in total. The highest BCUT2D eigenvalue weighted by atomic mass is 32.2. The number of hydrogen-bond acceptors (Lipinski definition) is 4. The van der Waals surface area contributed by atoms with Crippen molar-refractivity contribution < 1.29 is 4.79 Å². The molecular weight excluding hydrogens is 246 g/mol. The largest absolute Gasteiger partial charge is 0.399 e. The summed E-state index contributed by atoms with van der Waals surface area (Å²) in [6.07, 6.45) is 0. The summed E-state index contributed by atoms with van der Waals surface area (Å²) in [5, 5.41) is 2.89. The van der Waals surface area contributed by atoms with Gasteiger partial charge < -0.3 is 11.1 Å². The first-order valence-corrected chi connectivity index (χ1v) is 7.28. The molecule has 1 saturated heterocycles. The van der Waals surface area contributed by atoms with Gasteiger partial charge in [-0.1, -0.05) is 0 Å². The van der Waals surface area contributed by atoms with E-state index in [1.54, 1.807) is 12.1 Å². The van der Waals surface area contributed by atoms with Crippen LogP contribution in [-0.2, 0) is 4.79 Å². The van der Waals surface area contributed by atoms with E-state index < -0.39 is 0 Å². The lowest BCUT2D eigenvalue weighted by molar-refractivity contribution is -0.117. The molecule has 0 bridgehead atoms. The average molecular weight is 265 g/mol. The van der Waals surface area contributed by atoms with Crippen LogP contribution in [0.1, 0.15) is 6.92 Å². The molecule has 1 atom stereocenters. The number of rotatable bonds is 3. The fourth-order valence-electron chi connectivity index (χ4n) is 1.95. The minimum absolute atomic E-state index is 0.0403. The zero-order valence-electron chi connectivity index (χ0n) is 10.6. The Bertz CT molecular complexity index is 407. The highest BCUT2D eigenvalue weighted by molar-refractivity contribution is 7.99. The van der Waals surface area contributed by atoms with Gasteiger partial charge in [0, 0.05) is 35.5 Å². The summed E-state index contributed by atoms with van der Waals surface area (Å²) in [5.74, 6) is 2.26. The third kappa shape index (κ3) is 3.65. The van der Waals surface area contributed by atoms with Crippen molar-refractivity contribution in [2.75, 3.05) is 35.6 Å². The van der Waals surface area contributed by atoms with Crippen LogP contribution in [0.15, 0.2) is 24.3 Å². The smallest absolute Gasteiger partial charge is 0.238 e. The second-order valence-electron chi connectivity index (χ2n) is 4.56. The average Bonchev–Trinajstić information content (AvgIpc) is 2.35. The summed E-state index contributed by atoms with van der Waals surface area (Å²) < 4.78 is 0. The summed E-state index contributed by atoms with van der Waals surface area (Å²) in [6.45, 7) is 3.62. The van der Waals surface area contributed by atoms with Gasteiger partial charge in [0.2, 0.25) is 5.91 Å². The summed E-state index contributed by atoms with van der Waals surface area (Å²) in [6, 6.07) is 7.69. The molecule has 2 rings (SSSR count). The lowest BCUT2D eigenvalue weighted by Gasteiger charge is -2.32. The van der Waals surface area contributed by atoms with Crippen LogP contribution in [0.25, 0.3) is 0 Å². The molecule has 1 aromatic carbocycles. The Labute approximate surface area is 112 Å². The predicted molar refractivity (Wildman–Crippen MR) is 77.8 cm³/mol. The summed E-state index contributed by atoms with van der Waals surface area (Å²) in [4.78, 5) is 14.1. The monoisotopic (exact) mass is 265 g/mol. The standard InChI is InChI=1S/C13H19N3OS/c1-10-9-18-7-6-16(10)8-13(17)15-12-4-2-11(14)3-5-12/h2-5,10H,6-9,14H2,1H3,(H,15,17). The van der Waals surface area contributed by atoms with E-state index >= 15 is 0 Å². The first-order valence-electron chi connectivity index (χ1n) is 6.12. The maximum absolute atomic E-state index is 11.9. The molecule has 0 saturated carbocycles. The second-order valence-corrected chi connectivity index (χ2v) is 5.71. The molecule has 1 aliphatic heterocycles. The number of carbonyl (C=O) groups excluding carboxylic acids is 1. The van der Waals surface area contributed by atoms with Crippen LogP contribution in [0.2, 0.25) is 0 Å². The Balaban J connectivity index is 1.86. The number of anilines is 2. The second kappa shape index (κ2) is 6.11. The number of nitrogens with zero attached hydrogens (tertiary/aromatic N) is 1. The molecule has 0 aliphatic carbocycles. The first kappa shape index (κ1) is 13.2. The van der Waals surface area contributed by atoms with E-state index in [-0.39, 0.29) is 5.91 Å². The molecule has 1 amide bonds. The summed E-state index contributed by atoms with van der Waals surface area (Å²) in [5.41, 5.74) is 7.10. The third-order valence-electron chi connectivity index (χ3n) is 3.05. The zero-order valence-corrected chi connectivity index (χ0v) is 11.4. The molecule has 3 N–H and O–H groups in total. The van der Waals surface area contributed by atoms with Crippen LogP contribution < -0.4 is 11.1 Å². The molecule has 1 aliphatic rings. The fraction of sp³-hybridized carbons (Fsp3) is 0.462. The van der Waals surface area contributed by atoms with Gasteiger partial charge in [-0.3, -0.25) is 9.69 Å². The van der Waals surface area contributed by atoms with Gasteiger partial charge >= 0.3 is 0 Å². The number of hydrogen-bond donors (Lipinski definition) is 2. The summed E-state index contributed by atoms with van der Waals surface area (Å²) >= 11 is 1.95. The van der Waals surface area contributed by atoms with Crippen LogP contribution >= 0.6 is 11.8 Å². The third-order valence-corrected chi connectivity index (χ3v) is 4.24. The number of nitrogen functional groups attached to an aromatic ring is 1. The molecule has 0 radical (unpaired) electrons. The maximum atomic E-state index is 11.9. The Hall–Kier alpha value is -1.20. The number of thioether (sulfide) groups is 1. The van der Waals surface area contributed by atoms with Gasteiger partial charge in [-0.15, -0.1) is 0 Å². The van der Waals surface area contributed by atoms with E-state index in [1.165, 1.54) is 0 Å². The van der Waals surface area contributed by atoms with Gasteiger partial charge in [0.05, 0.1) is 6.54 Å². The van der Waals surface area contributed by atoms with Gasteiger partial charge in [0.25, 0.3) is 0 Å². The number of carbonyl (C=O) groups is 1. The van der Waals surface area contributed by atoms with Crippen molar-refractivity contribution in [1.29, 1.82) is 0 Å². The van der Waals surface area contributed by atoms with Crippen molar-refractivity contribution >= 4 is 29.0 Å². The molecule has 98 valence electrons. The van der Waals surface area contributed by atoms with E-state index in [0.717, 1.165) is 23.7 Å².